The van der Waals surface area contributed by atoms with Crippen LogP contribution >= 0.6 is 0 Å². The van der Waals surface area contributed by atoms with E-state index in [-0.39, 0.29) is 17.7 Å². The molecule has 1 atom stereocenters. The van der Waals surface area contributed by atoms with Gasteiger partial charge in [0.05, 0.1) is 12.2 Å². The van der Waals surface area contributed by atoms with Gasteiger partial charge in [0, 0.05) is 38.3 Å². The van der Waals surface area contributed by atoms with Gasteiger partial charge in [-0.25, -0.2) is 4.79 Å². The zero-order valence-corrected chi connectivity index (χ0v) is 17.4. The van der Waals surface area contributed by atoms with Crippen LogP contribution in [0.4, 0.5) is 13.2 Å². The molecule has 0 saturated carbocycles. The Balaban J connectivity index is 1.74. The second-order valence-corrected chi connectivity index (χ2v) is 7.79. The van der Waals surface area contributed by atoms with Crippen LogP contribution in [-0.4, -0.2) is 67.3 Å². The molecular formula is C23H27F3N2O3. The number of hydrogen-bond donors (Lipinski definition) is 1. The summed E-state index contributed by atoms with van der Waals surface area (Å²) >= 11 is 0. The number of hydrogen-bond acceptors (Lipinski definition) is 5. The van der Waals surface area contributed by atoms with Crippen LogP contribution in [0.3, 0.4) is 0 Å². The predicted octanol–water partition coefficient (Wildman–Crippen LogP) is 3.12. The number of alkyl halides is 3. The minimum Gasteiger partial charge on any atom is -0.463 e. The van der Waals surface area contributed by atoms with Gasteiger partial charge in [-0.15, -0.1) is 0 Å². The maximum Gasteiger partial charge on any atom is 0.416 e. The van der Waals surface area contributed by atoms with Crippen molar-refractivity contribution in [3.05, 3.63) is 71.3 Å². The average Bonchev–Trinajstić information content (AvgIpc) is 2.77. The molecule has 0 radical (unpaired) electrons. The van der Waals surface area contributed by atoms with Gasteiger partial charge in [0.1, 0.15) is 0 Å². The van der Waals surface area contributed by atoms with Gasteiger partial charge in [-0.3, -0.25) is 0 Å². The lowest BCUT2D eigenvalue weighted by molar-refractivity contribution is -0.162. The van der Waals surface area contributed by atoms with E-state index < -0.39 is 23.3 Å². The van der Waals surface area contributed by atoms with E-state index in [1.165, 1.54) is 24.3 Å². The second-order valence-electron chi connectivity index (χ2n) is 7.79. The summed E-state index contributed by atoms with van der Waals surface area (Å²) in [5.41, 5.74) is -3.31. The zero-order chi connectivity index (χ0) is 22.5. The van der Waals surface area contributed by atoms with Crippen molar-refractivity contribution in [2.45, 2.75) is 18.2 Å². The normalized spacial score (nSPS) is 17.8. The highest BCUT2D eigenvalue weighted by Crippen LogP contribution is 2.36. The minimum absolute atomic E-state index is 0.0687. The van der Waals surface area contributed by atoms with Gasteiger partial charge in [0.15, 0.2) is 0 Å². The summed E-state index contributed by atoms with van der Waals surface area (Å²) in [7, 11) is 2.07. The Bertz CT molecular complexity index is 868. The first-order chi connectivity index (χ1) is 14.7. The van der Waals surface area contributed by atoms with E-state index in [0.717, 1.165) is 44.9 Å². The van der Waals surface area contributed by atoms with Gasteiger partial charge in [0.25, 0.3) is 0 Å². The monoisotopic (exact) mass is 436 g/mol. The van der Waals surface area contributed by atoms with E-state index in [4.69, 9.17) is 4.74 Å². The van der Waals surface area contributed by atoms with Crippen molar-refractivity contribution in [1.29, 1.82) is 0 Å². The van der Waals surface area contributed by atoms with Gasteiger partial charge in [-0.2, -0.15) is 13.2 Å². The van der Waals surface area contributed by atoms with E-state index >= 15 is 0 Å². The number of halogens is 3. The molecule has 2 aromatic rings. The van der Waals surface area contributed by atoms with Crippen molar-refractivity contribution >= 4 is 5.97 Å². The molecule has 1 unspecified atom stereocenters. The molecule has 1 fully saturated rings. The SMILES string of the molecule is CN1CCN(CCCOC(=O)C(O)(c2ccccc2)c2cccc(C(F)(F)F)c2)CC1. The van der Waals surface area contributed by atoms with Crippen LogP contribution in [0.5, 0.6) is 0 Å². The zero-order valence-electron chi connectivity index (χ0n) is 17.4. The molecule has 0 aromatic heterocycles. The van der Waals surface area contributed by atoms with Crippen molar-refractivity contribution in [2.24, 2.45) is 0 Å². The first kappa shape index (κ1) is 23.2. The van der Waals surface area contributed by atoms with Gasteiger partial charge < -0.3 is 19.6 Å². The molecule has 1 aliphatic rings. The summed E-state index contributed by atoms with van der Waals surface area (Å²) in [6.07, 6.45) is -4.02. The van der Waals surface area contributed by atoms with Crippen molar-refractivity contribution in [1.82, 2.24) is 9.80 Å². The fraction of sp³-hybridized carbons (Fsp3) is 0.435. The summed E-state index contributed by atoms with van der Waals surface area (Å²) in [6.45, 7) is 4.63. The Kier molecular flexibility index (Phi) is 7.35. The third kappa shape index (κ3) is 5.64. The Morgan fingerprint density at radius 1 is 0.968 bits per heavy atom. The molecule has 1 saturated heterocycles. The van der Waals surface area contributed by atoms with E-state index in [2.05, 4.69) is 16.8 Å². The molecule has 168 valence electrons. The van der Waals surface area contributed by atoms with E-state index in [1.54, 1.807) is 18.2 Å². The lowest BCUT2D eigenvalue weighted by Gasteiger charge is -2.32. The Morgan fingerprint density at radius 2 is 1.58 bits per heavy atom. The summed E-state index contributed by atoms with van der Waals surface area (Å²) < 4.78 is 45.0. The van der Waals surface area contributed by atoms with Crippen molar-refractivity contribution in [3.8, 4) is 0 Å². The van der Waals surface area contributed by atoms with Crippen LogP contribution < -0.4 is 0 Å². The Morgan fingerprint density at radius 3 is 2.23 bits per heavy atom. The number of aliphatic hydroxyl groups is 1. The number of carbonyl (C=O) groups is 1. The number of likely N-dealkylation sites (N-methyl/N-ethyl adjacent to an activating group) is 1. The Hall–Kier alpha value is -2.42. The largest absolute Gasteiger partial charge is 0.463 e. The lowest BCUT2D eigenvalue weighted by Crippen LogP contribution is -2.45. The topological polar surface area (TPSA) is 53.0 Å². The average molecular weight is 436 g/mol. The summed E-state index contributed by atoms with van der Waals surface area (Å²) in [6, 6.07) is 12.0. The van der Waals surface area contributed by atoms with Crippen LogP contribution in [0.1, 0.15) is 23.1 Å². The molecule has 0 bridgehead atoms. The third-order valence-electron chi connectivity index (χ3n) is 5.54. The maximum absolute atomic E-state index is 13.2. The lowest BCUT2D eigenvalue weighted by atomic mass is 9.85. The molecule has 1 aliphatic heterocycles. The van der Waals surface area contributed by atoms with Gasteiger partial charge >= 0.3 is 12.1 Å². The van der Waals surface area contributed by atoms with Crippen LogP contribution in [-0.2, 0) is 21.3 Å². The van der Waals surface area contributed by atoms with Crippen LogP contribution in [0, 0.1) is 0 Å². The smallest absolute Gasteiger partial charge is 0.416 e. The molecule has 3 rings (SSSR count). The van der Waals surface area contributed by atoms with Crippen LogP contribution in [0.2, 0.25) is 0 Å². The predicted molar refractivity (Wildman–Crippen MR) is 110 cm³/mol. The number of carbonyl (C=O) groups excluding carboxylic acids is 1. The molecular weight excluding hydrogens is 409 g/mol. The van der Waals surface area contributed by atoms with Gasteiger partial charge in [-0.05, 0) is 31.2 Å². The van der Waals surface area contributed by atoms with Crippen molar-refractivity contribution < 1.29 is 27.8 Å². The third-order valence-corrected chi connectivity index (χ3v) is 5.54. The summed E-state index contributed by atoms with van der Waals surface area (Å²) in [4.78, 5) is 17.5. The molecule has 2 aromatic carbocycles. The maximum atomic E-state index is 13.2. The molecule has 1 heterocycles. The molecule has 31 heavy (non-hydrogen) atoms. The molecule has 0 amide bonds. The fourth-order valence-corrected chi connectivity index (χ4v) is 3.63. The highest BCUT2D eigenvalue weighted by atomic mass is 19.4. The number of piperazine rings is 1. The summed E-state index contributed by atoms with van der Waals surface area (Å²) in [5.74, 6) is -0.989. The molecule has 8 heteroatoms. The van der Waals surface area contributed by atoms with Crippen molar-refractivity contribution in [3.63, 3.8) is 0 Å². The number of rotatable bonds is 7. The molecule has 1 N–H and O–H groups in total. The number of ether oxygens (including phenoxy) is 1. The molecule has 0 aliphatic carbocycles. The van der Waals surface area contributed by atoms with Gasteiger partial charge in [0.2, 0.25) is 5.60 Å². The highest BCUT2D eigenvalue weighted by Gasteiger charge is 2.43. The molecule has 5 nitrogen and oxygen atoms in total. The molecule has 0 spiro atoms. The van der Waals surface area contributed by atoms with Crippen LogP contribution in [0.25, 0.3) is 0 Å². The first-order valence-electron chi connectivity index (χ1n) is 10.2. The quantitative estimate of drug-likeness (QED) is 0.534. The van der Waals surface area contributed by atoms with Crippen molar-refractivity contribution in [2.75, 3.05) is 46.4 Å². The summed E-state index contributed by atoms with van der Waals surface area (Å²) in [5, 5.41) is 11.3. The van der Waals surface area contributed by atoms with Gasteiger partial charge in [-0.1, -0.05) is 42.5 Å². The van der Waals surface area contributed by atoms with E-state index in [9.17, 15) is 23.1 Å². The highest BCUT2D eigenvalue weighted by molar-refractivity contribution is 5.85. The number of benzene rings is 2. The van der Waals surface area contributed by atoms with Crippen LogP contribution in [0.15, 0.2) is 54.6 Å². The number of esters is 1. The van der Waals surface area contributed by atoms with E-state index in [1.807, 2.05) is 0 Å². The number of nitrogens with zero attached hydrogens (tertiary/aromatic N) is 2. The minimum atomic E-state index is -4.60. The second kappa shape index (κ2) is 9.80. The first-order valence-corrected chi connectivity index (χ1v) is 10.2. The fourth-order valence-electron chi connectivity index (χ4n) is 3.63. The standard InChI is InChI=1S/C23H27F3N2O3/c1-27-12-14-28(15-13-27)11-6-16-31-21(29)22(30,18-7-3-2-4-8-18)19-9-5-10-20(17-19)23(24,25)26/h2-5,7-10,17,30H,6,11-16H2,1H3. The van der Waals surface area contributed by atoms with E-state index in [0.29, 0.717) is 6.42 Å². The Labute approximate surface area is 180 Å².